The number of nitrogens with one attached hydrogen (secondary N) is 2. The highest BCUT2D eigenvalue weighted by atomic mass is 35.5. The van der Waals surface area contributed by atoms with E-state index in [2.05, 4.69) is 10.6 Å². The van der Waals surface area contributed by atoms with Gasteiger partial charge < -0.3 is 10.6 Å². The predicted molar refractivity (Wildman–Crippen MR) is 87.2 cm³/mol. The molecule has 0 heterocycles. The maximum Gasteiger partial charge on any atom is 0.175 e. The van der Waals surface area contributed by atoms with Crippen molar-refractivity contribution >= 4 is 40.3 Å². The van der Waals surface area contributed by atoms with E-state index in [-0.39, 0.29) is 0 Å². The molecular weight excluding hydrogens is 276 g/mol. The van der Waals surface area contributed by atoms with Gasteiger partial charge in [-0.25, -0.2) is 0 Å². The van der Waals surface area contributed by atoms with Crippen LogP contribution in [0.3, 0.4) is 0 Å². The number of hydrogen-bond acceptors (Lipinski definition) is 1. The van der Waals surface area contributed by atoms with Gasteiger partial charge in [-0.15, -0.1) is 0 Å². The van der Waals surface area contributed by atoms with Gasteiger partial charge in [0.05, 0.1) is 0 Å². The third-order valence-corrected chi connectivity index (χ3v) is 3.52. The van der Waals surface area contributed by atoms with Crippen LogP contribution in [0.4, 0.5) is 11.4 Å². The van der Waals surface area contributed by atoms with Gasteiger partial charge in [0.2, 0.25) is 0 Å². The summed E-state index contributed by atoms with van der Waals surface area (Å²) in [5, 5.41) is 7.63. The molecule has 0 aliphatic rings. The summed E-state index contributed by atoms with van der Waals surface area (Å²) in [6, 6.07) is 13.7. The van der Waals surface area contributed by atoms with Crippen LogP contribution in [0.25, 0.3) is 0 Å². The van der Waals surface area contributed by atoms with E-state index in [1.807, 2.05) is 56.3 Å². The van der Waals surface area contributed by atoms with Gasteiger partial charge in [-0.3, -0.25) is 0 Å². The summed E-state index contributed by atoms with van der Waals surface area (Å²) >= 11 is 11.4. The van der Waals surface area contributed by atoms with E-state index in [1.165, 1.54) is 0 Å². The van der Waals surface area contributed by atoms with Gasteiger partial charge in [0.1, 0.15) is 0 Å². The van der Waals surface area contributed by atoms with Gasteiger partial charge in [-0.05, 0) is 55.4 Å². The summed E-state index contributed by atoms with van der Waals surface area (Å²) in [5.74, 6) is 0. The van der Waals surface area contributed by atoms with Gasteiger partial charge in [-0.1, -0.05) is 35.9 Å². The van der Waals surface area contributed by atoms with Gasteiger partial charge in [0.15, 0.2) is 5.11 Å². The van der Waals surface area contributed by atoms with E-state index in [0.717, 1.165) is 27.5 Å². The molecule has 98 valence electrons. The normalized spacial score (nSPS) is 10.1. The van der Waals surface area contributed by atoms with E-state index >= 15 is 0 Å². The van der Waals surface area contributed by atoms with E-state index in [1.54, 1.807) is 0 Å². The Balaban J connectivity index is 2.10. The molecule has 0 unspecified atom stereocenters. The van der Waals surface area contributed by atoms with Gasteiger partial charge in [0, 0.05) is 16.4 Å². The van der Waals surface area contributed by atoms with Crippen molar-refractivity contribution in [2.75, 3.05) is 10.6 Å². The van der Waals surface area contributed by atoms with Crippen LogP contribution in [0.5, 0.6) is 0 Å². The second kappa shape index (κ2) is 6.04. The molecule has 0 amide bonds. The molecule has 4 heteroatoms. The van der Waals surface area contributed by atoms with Crippen LogP contribution in [0.1, 0.15) is 11.1 Å². The van der Waals surface area contributed by atoms with Crippen LogP contribution in [0, 0.1) is 13.8 Å². The first-order valence-corrected chi connectivity index (χ1v) is 6.75. The fourth-order valence-corrected chi connectivity index (χ4v) is 2.13. The van der Waals surface area contributed by atoms with Crippen molar-refractivity contribution in [1.82, 2.24) is 0 Å². The lowest BCUT2D eigenvalue weighted by Gasteiger charge is -2.14. The van der Waals surface area contributed by atoms with Crippen molar-refractivity contribution < 1.29 is 0 Å². The molecule has 0 aromatic heterocycles. The minimum atomic E-state index is 0.555. The zero-order valence-electron chi connectivity index (χ0n) is 10.8. The summed E-state index contributed by atoms with van der Waals surface area (Å²) in [6.07, 6.45) is 0. The molecule has 2 aromatic rings. The molecule has 0 aliphatic heterocycles. The largest absolute Gasteiger partial charge is 0.332 e. The number of benzene rings is 2. The van der Waals surface area contributed by atoms with E-state index in [4.69, 9.17) is 23.8 Å². The third kappa shape index (κ3) is 3.46. The molecule has 2 aromatic carbocycles. The minimum absolute atomic E-state index is 0.555. The Labute approximate surface area is 123 Å². The lowest BCUT2D eigenvalue weighted by Crippen LogP contribution is -2.20. The first-order valence-electron chi connectivity index (χ1n) is 5.96. The molecule has 0 fully saturated rings. The summed E-state index contributed by atoms with van der Waals surface area (Å²) in [6.45, 7) is 4.00. The lowest BCUT2D eigenvalue weighted by molar-refractivity contribution is 1.44. The fraction of sp³-hybridized carbons (Fsp3) is 0.133. The number of anilines is 2. The fourth-order valence-electron chi connectivity index (χ4n) is 1.73. The quantitative estimate of drug-likeness (QED) is 0.779. The predicted octanol–water partition coefficient (Wildman–Crippen LogP) is 4.77. The maximum atomic E-state index is 6.08. The Kier molecular flexibility index (Phi) is 4.40. The highest BCUT2D eigenvalue weighted by Gasteiger charge is 2.05. The standard InChI is InChI=1S/C15H15ClN2S/c1-10-6-3-4-8-13(10)17-15(19)18-14-9-5-7-12(16)11(14)2/h3-9H,1-2H3,(H2,17,18,19). The molecule has 0 spiro atoms. The minimum Gasteiger partial charge on any atom is -0.332 e. The SMILES string of the molecule is Cc1ccccc1NC(=S)Nc1cccc(Cl)c1C. The second-order valence-corrected chi connectivity index (χ2v) is 5.12. The molecule has 0 bridgehead atoms. The summed E-state index contributed by atoms with van der Waals surface area (Å²) < 4.78 is 0. The number of hydrogen-bond donors (Lipinski definition) is 2. The molecule has 0 atom stereocenters. The number of halogens is 1. The molecule has 0 saturated heterocycles. The maximum absolute atomic E-state index is 6.08. The van der Waals surface area contributed by atoms with Crippen LogP contribution in [0.2, 0.25) is 5.02 Å². The lowest BCUT2D eigenvalue weighted by atomic mass is 10.2. The topological polar surface area (TPSA) is 24.1 Å². The van der Waals surface area contributed by atoms with Gasteiger partial charge >= 0.3 is 0 Å². The van der Waals surface area contributed by atoms with Crippen molar-refractivity contribution in [3.8, 4) is 0 Å². The number of thiocarbonyl (C=S) groups is 1. The molecule has 2 N–H and O–H groups in total. The monoisotopic (exact) mass is 290 g/mol. The van der Waals surface area contributed by atoms with Gasteiger partial charge in [-0.2, -0.15) is 0 Å². The van der Waals surface area contributed by atoms with Crippen molar-refractivity contribution in [1.29, 1.82) is 0 Å². The van der Waals surface area contributed by atoms with Crippen molar-refractivity contribution in [3.63, 3.8) is 0 Å². The number of aryl methyl sites for hydroxylation is 1. The number of para-hydroxylation sites is 1. The van der Waals surface area contributed by atoms with Crippen LogP contribution in [-0.2, 0) is 0 Å². The summed E-state index contributed by atoms with van der Waals surface area (Å²) in [7, 11) is 0. The Hall–Kier alpha value is -1.58. The second-order valence-electron chi connectivity index (χ2n) is 4.31. The Morgan fingerprint density at radius 2 is 1.58 bits per heavy atom. The van der Waals surface area contributed by atoms with E-state index in [9.17, 15) is 0 Å². The van der Waals surface area contributed by atoms with Crippen molar-refractivity contribution in [2.24, 2.45) is 0 Å². The zero-order chi connectivity index (χ0) is 13.8. The van der Waals surface area contributed by atoms with Gasteiger partial charge in [0.25, 0.3) is 0 Å². The summed E-state index contributed by atoms with van der Waals surface area (Å²) in [5.41, 5.74) is 4.05. The zero-order valence-corrected chi connectivity index (χ0v) is 12.4. The molecule has 19 heavy (non-hydrogen) atoms. The van der Waals surface area contributed by atoms with Crippen LogP contribution >= 0.6 is 23.8 Å². The molecular formula is C15H15ClN2S. The first kappa shape index (κ1) is 13.8. The van der Waals surface area contributed by atoms with E-state index < -0.39 is 0 Å². The number of rotatable bonds is 2. The Bertz CT molecular complexity index is 611. The molecule has 0 saturated carbocycles. The van der Waals surface area contributed by atoms with E-state index in [0.29, 0.717) is 5.11 Å². The highest BCUT2D eigenvalue weighted by Crippen LogP contribution is 2.23. The average molecular weight is 291 g/mol. The third-order valence-electron chi connectivity index (χ3n) is 2.91. The Morgan fingerprint density at radius 3 is 2.32 bits per heavy atom. The molecule has 0 aliphatic carbocycles. The first-order chi connectivity index (χ1) is 9.08. The molecule has 0 radical (unpaired) electrons. The smallest absolute Gasteiger partial charge is 0.175 e. The van der Waals surface area contributed by atoms with Crippen molar-refractivity contribution in [2.45, 2.75) is 13.8 Å². The molecule has 2 nitrogen and oxygen atoms in total. The highest BCUT2D eigenvalue weighted by molar-refractivity contribution is 7.80. The Morgan fingerprint density at radius 1 is 0.947 bits per heavy atom. The average Bonchev–Trinajstić information content (AvgIpc) is 2.38. The van der Waals surface area contributed by atoms with Crippen LogP contribution in [0.15, 0.2) is 42.5 Å². The summed E-state index contributed by atoms with van der Waals surface area (Å²) in [4.78, 5) is 0. The molecule has 2 rings (SSSR count). The van der Waals surface area contributed by atoms with Crippen LogP contribution < -0.4 is 10.6 Å². The van der Waals surface area contributed by atoms with Crippen molar-refractivity contribution in [3.05, 3.63) is 58.6 Å². The van der Waals surface area contributed by atoms with Crippen LogP contribution in [-0.4, -0.2) is 5.11 Å².